The average Bonchev–Trinajstić information content (AvgIpc) is 2.65. The van der Waals surface area contributed by atoms with Crippen LogP contribution in [-0.2, 0) is 6.42 Å². The van der Waals surface area contributed by atoms with Gasteiger partial charge in [-0.3, -0.25) is 0 Å². The van der Waals surface area contributed by atoms with E-state index in [1.54, 1.807) is 6.26 Å². The van der Waals surface area contributed by atoms with E-state index >= 15 is 0 Å². The van der Waals surface area contributed by atoms with Crippen LogP contribution < -0.4 is 0 Å². The van der Waals surface area contributed by atoms with Crippen molar-refractivity contribution in [2.24, 2.45) is 5.11 Å². The highest BCUT2D eigenvalue weighted by atomic mass is 16.3. The Morgan fingerprint density at radius 1 is 1.36 bits per heavy atom. The molecule has 0 aliphatic carbocycles. The van der Waals surface area contributed by atoms with Gasteiger partial charge < -0.3 is 4.42 Å². The number of hydrogen-bond donors (Lipinski definition) is 0. The molecule has 0 aliphatic heterocycles. The minimum absolute atomic E-state index is 0.500. The van der Waals surface area contributed by atoms with Crippen molar-refractivity contribution in [1.82, 2.24) is 0 Å². The molecule has 4 heteroatoms. The molecule has 2 rings (SSSR count). The number of azide groups is 1. The SMILES string of the molecule is [N-]=[N+]=NCCc1ccc2occc2c1. The first kappa shape index (κ1) is 8.66. The highest BCUT2D eigenvalue weighted by molar-refractivity contribution is 5.77. The lowest BCUT2D eigenvalue weighted by Crippen LogP contribution is -1.87. The fourth-order valence-corrected chi connectivity index (χ4v) is 1.40. The molecule has 14 heavy (non-hydrogen) atoms. The van der Waals surface area contributed by atoms with Gasteiger partial charge in [-0.15, -0.1) is 0 Å². The Labute approximate surface area is 80.8 Å². The van der Waals surface area contributed by atoms with Gasteiger partial charge in [0.2, 0.25) is 0 Å². The van der Waals surface area contributed by atoms with E-state index in [9.17, 15) is 0 Å². The summed E-state index contributed by atoms with van der Waals surface area (Å²) in [6, 6.07) is 7.89. The Kier molecular flexibility index (Phi) is 2.38. The topological polar surface area (TPSA) is 61.9 Å². The Morgan fingerprint density at radius 3 is 3.14 bits per heavy atom. The number of furan rings is 1. The van der Waals surface area contributed by atoms with Gasteiger partial charge in [0.25, 0.3) is 0 Å². The minimum atomic E-state index is 0.500. The Balaban J connectivity index is 2.21. The third-order valence-corrected chi connectivity index (χ3v) is 2.08. The summed E-state index contributed by atoms with van der Waals surface area (Å²) in [7, 11) is 0. The quantitative estimate of drug-likeness (QED) is 0.413. The first-order chi connectivity index (χ1) is 6.90. The fraction of sp³-hybridized carbons (Fsp3) is 0.200. The van der Waals surface area contributed by atoms with Crippen molar-refractivity contribution in [2.45, 2.75) is 6.42 Å². The van der Waals surface area contributed by atoms with E-state index in [0.29, 0.717) is 6.54 Å². The summed E-state index contributed by atoms with van der Waals surface area (Å²) in [6.07, 6.45) is 2.44. The van der Waals surface area contributed by atoms with Gasteiger partial charge in [0.05, 0.1) is 6.26 Å². The molecule has 0 bridgehead atoms. The van der Waals surface area contributed by atoms with E-state index in [1.807, 2.05) is 24.3 Å². The second-order valence-corrected chi connectivity index (χ2v) is 3.00. The lowest BCUT2D eigenvalue weighted by Gasteiger charge is -1.96. The Morgan fingerprint density at radius 2 is 2.29 bits per heavy atom. The maximum atomic E-state index is 8.13. The van der Waals surface area contributed by atoms with Crippen molar-refractivity contribution in [3.63, 3.8) is 0 Å². The summed E-state index contributed by atoms with van der Waals surface area (Å²) < 4.78 is 5.22. The molecule has 0 N–H and O–H groups in total. The normalized spacial score (nSPS) is 10.0. The van der Waals surface area contributed by atoms with Gasteiger partial charge >= 0.3 is 0 Å². The van der Waals surface area contributed by atoms with Gasteiger partial charge in [-0.25, -0.2) is 0 Å². The van der Waals surface area contributed by atoms with E-state index in [0.717, 1.165) is 23.0 Å². The number of hydrogen-bond acceptors (Lipinski definition) is 2. The molecule has 0 spiro atoms. The first-order valence-electron chi connectivity index (χ1n) is 4.37. The number of nitrogens with zero attached hydrogens (tertiary/aromatic N) is 3. The van der Waals surface area contributed by atoms with Gasteiger partial charge in [-0.2, -0.15) is 0 Å². The predicted octanol–water partition coefficient (Wildman–Crippen LogP) is 3.29. The summed E-state index contributed by atoms with van der Waals surface area (Å²) in [5.41, 5.74) is 10.2. The molecule has 0 saturated carbocycles. The van der Waals surface area contributed by atoms with Crippen LogP contribution in [0.4, 0.5) is 0 Å². The lowest BCUT2D eigenvalue weighted by atomic mass is 10.1. The molecule has 0 amide bonds. The Bertz CT molecular complexity index is 483. The Hall–Kier alpha value is -1.93. The van der Waals surface area contributed by atoms with E-state index in [4.69, 9.17) is 9.95 Å². The molecule has 70 valence electrons. The lowest BCUT2D eigenvalue weighted by molar-refractivity contribution is 0.616. The summed E-state index contributed by atoms with van der Waals surface area (Å²) >= 11 is 0. The molecule has 1 aromatic carbocycles. The zero-order valence-corrected chi connectivity index (χ0v) is 7.55. The first-order valence-corrected chi connectivity index (χ1v) is 4.37. The van der Waals surface area contributed by atoms with Crippen molar-refractivity contribution in [1.29, 1.82) is 0 Å². The smallest absolute Gasteiger partial charge is 0.133 e. The van der Waals surface area contributed by atoms with Crippen LogP contribution in [0.3, 0.4) is 0 Å². The fourth-order valence-electron chi connectivity index (χ4n) is 1.40. The molecule has 0 aliphatic rings. The zero-order chi connectivity index (χ0) is 9.80. The molecular formula is C10H9N3O. The van der Waals surface area contributed by atoms with E-state index < -0.39 is 0 Å². The molecule has 4 nitrogen and oxygen atoms in total. The van der Waals surface area contributed by atoms with E-state index in [2.05, 4.69) is 10.0 Å². The molecule has 0 unspecified atom stereocenters. The second-order valence-electron chi connectivity index (χ2n) is 3.00. The monoisotopic (exact) mass is 187 g/mol. The second kappa shape index (κ2) is 3.85. The predicted molar refractivity (Wildman–Crippen MR) is 53.9 cm³/mol. The maximum Gasteiger partial charge on any atom is 0.133 e. The van der Waals surface area contributed by atoms with Crippen LogP contribution in [0.1, 0.15) is 5.56 Å². The van der Waals surface area contributed by atoms with Gasteiger partial charge in [-0.1, -0.05) is 11.2 Å². The van der Waals surface area contributed by atoms with Crippen molar-refractivity contribution < 1.29 is 4.42 Å². The van der Waals surface area contributed by atoms with Crippen LogP contribution in [0.25, 0.3) is 21.4 Å². The van der Waals surface area contributed by atoms with Gasteiger partial charge in [0.15, 0.2) is 0 Å². The number of benzene rings is 1. The summed E-state index contributed by atoms with van der Waals surface area (Å²) in [6.45, 7) is 0.500. The summed E-state index contributed by atoms with van der Waals surface area (Å²) in [4.78, 5) is 2.71. The van der Waals surface area contributed by atoms with Gasteiger partial charge in [-0.05, 0) is 35.7 Å². The van der Waals surface area contributed by atoms with Crippen LogP contribution in [0.15, 0.2) is 40.1 Å². The number of rotatable bonds is 3. The molecule has 0 fully saturated rings. The molecule has 0 radical (unpaired) electrons. The molecule has 2 aromatic rings. The minimum Gasteiger partial charge on any atom is -0.464 e. The summed E-state index contributed by atoms with van der Waals surface area (Å²) in [5, 5.41) is 4.58. The van der Waals surface area contributed by atoms with Crippen LogP contribution in [0.2, 0.25) is 0 Å². The highest BCUT2D eigenvalue weighted by Gasteiger charge is 1.97. The third kappa shape index (κ3) is 1.70. The zero-order valence-electron chi connectivity index (χ0n) is 7.55. The van der Waals surface area contributed by atoms with Gasteiger partial charge in [0.1, 0.15) is 5.58 Å². The third-order valence-electron chi connectivity index (χ3n) is 2.08. The van der Waals surface area contributed by atoms with Crippen LogP contribution >= 0.6 is 0 Å². The summed E-state index contributed by atoms with van der Waals surface area (Å²) in [5.74, 6) is 0. The van der Waals surface area contributed by atoms with Crippen molar-refractivity contribution in [3.05, 3.63) is 46.5 Å². The van der Waals surface area contributed by atoms with Crippen LogP contribution in [0, 0.1) is 0 Å². The van der Waals surface area contributed by atoms with Crippen molar-refractivity contribution in [3.8, 4) is 0 Å². The number of fused-ring (bicyclic) bond motifs is 1. The van der Waals surface area contributed by atoms with Crippen molar-refractivity contribution >= 4 is 11.0 Å². The molecule has 0 atom stereocenters. The van der Waals surface area contributed by atoms with Crippen LogP contribution in [0.5, 0.6) is 0 Å². The molecule has 0 saturated heterocycles. The molecular weight excluding hydrogens is 178 g/mol. The van der Waals surface area contributed by atoms with Crippen LogP contribution in [-0.4, -0.2) is 6.54 Å². The average molecular weight is 187 g/mol. The largest absolute Gasteiger partial charge is 0.464 e. The van der Waals surface area contributed by atoms with E-state index in [-0.39, 0.29) is 0 Å². The maximum absolute atomic E-state index is 8.13. The van der Waals surface area contributed by atoms with Crippen molar-refractivity contribution in [2.75, 3.05) is 6.54 Å². The highest BCUT2D eigenvalue weighted by Crippen LogP contribution is 2.17. The van der Waals surface area contributed by atoms with E-state index in [1.165, 1.54) is 0 Å². The van der Waals surface area contributed by atoms with Gasteiger partial charge in [0, 0.05) is 16.8 Å². The molecule has 1 heterocycles. The molecule has 1 aromatic heterocycles. The standard InChI is InChI=1S/C10H9N3O/c11-13-12-5-3-8-1-2-10-9(7-8)4-6-14-10/h1-2,4,6-7H,3,5H2.